The molecule has 1 heterocycles. The van der Waals surface area contributed by atoms with E-state index in [0.29, 0.717) is 17.7 Å². The molecule has 1 fully saturated rings. The Labute approximate surface area is 114 Å². The molecule has 1 aromatic carbocycles. The van der Waals surface area contributed by atoms with Crippen molar-refractivity contribution < 1.29 is 13.9 Å². The number of carbonyl (C=O) groups is 1. The molecule has 2 N–H and O–H groups in total. The number of halogens is 2. The molecule has 5 heteroatoms. The molecule has 98 valence electrons. The summed E-state index contributed by atoms with van der Waals surface area (Å²) in [6, 6.07) is 4.31. The second kappa shape index (κ2) is 5.07. The molecule has 0 spiro atoms. The van der Waals surface area contributed by atoms with Gasteiger partial charge in [0.25, 0.3) is 0 Å². The van der Waals surface area contributed by atoms with Crippen LogP contribution in [0.1, 0.15) is 12.5 Å². The predicted molar refractivity (Wildman–Crippen MR) is 69.7 cm³/mol. The fourth-order valence-corrected chi connectivity index (χ4v) is 2.44. The third-order valence-electron chi connectivity index (χ3n) is 3.50. The van der Waals surface area contributed by atoms with Gasteiger partial charge < -0.3 is 10.5 Å². The zero-order valence-corrected chi connectivity index (χ0v) is 11.7. The van der Waals surface area contributed by atoms with Gasteiger partial charge in [0, 0.05) is 12.5 Å². The van der Waals surface area contributed by atoms with Gasteiger partial charge in [-0.1, -0.05) is 6.07 Å². The van der Waals surface area contributed by atoms with E-state index < -0.39 is 5.41 Å². The first kappa shape index (κ1) is 13.6. The second-order valence-electron chi connectivity index (χ2n) is 4.89. The van der Waals surface area contributed by atoms with E-state index in [0.717, 1.165) is 5.56 Å². The van der Waals surface area contributed by atoms with Gasteiger partial charge in [0.2, 0.25) is 0 Å². The molecule has 0 radical (unpaired) electrons. The normalized spacial score (nSPS) is 27.4. The highest BCUT2D eigenvalue weighted by molar-refractivity contribution is 9.10. The molecule has 18 heavy (non-hydrogen) atoms. The number of benzene rings is 1. The molecular formula is C13H15BrFNO2. The smallest absolute Gasteiger partial charge is 0.147 e. The minimum Gasteiger partial charge on any atom is -0.379 e. The number of hydrogen-bond acceptors (Lipinski definition) is 3. The molecule has 0 bridgehead atoms. The van der Waals surface area contributed by atoms with Crippen molar-refractivity contribution in [3.05, 3.63) is 34.1 Å². The maximum atomic E-state index is 13.1. The molecule has 0 amide bonds. The maximum absolute atomic E-state index is 13.1. The zero-order chi connectivity index (χ0) is 13.3. The summed E-state index contributed by atoms with van der Waals surface area (Å²) < 4.78 is 18.7. The molecule has 2 atom stereocenters. The van der Waals surface area contributed by atoms with Crippen LogP contribution in [0.15, 0.2) is 22.7 Å². The van der Waals surface area contributed by atoms with E-state index >= 15 is 0 Å². The SMILES string of the molecule is CC1(C(=O)Cc2ccc(F)c(Br)c2)COCC1N. The highest BCUT2D eigenvalue weighted by Gasteiger charge is 2.43. The summed E-state index contributed by atoms with van der Waals surface area (Å²) in [6.45, 7) is 2.59. The van der Waals surface area contributed by atoms with Gasteiger partial charge in [-0.15, -0.1) is 0 Å². The van der Waals surface area contributed by atoms with Crippen molar-refractivity contribution in [1.82, 2.24) is 0 Å². The Morgan fingerprint density at radius 2 is 2.39 bits per heavy atom. The van der Waals surface area contributed by atoms with Crippen LogP contribution in [-0.4, -0.2) is 25.0 Å². The summed E-state index contributed by atoms with van der Waals surface area (Å²) in [5.74, 6) is -0.302. The average molecular weight is 316 g/mol. The van der Waals surface area contributed by atoms with Crippen molar-refractivity contribution in [2.75, 3.05) is 13.2 Å². The Bertz CT molecular complexity index is 480. The summed E-state index contributed by atoms with van der Waals surface area (Å²) >= 11 is 3.11. The van der Waals surface area contributed by atoms with Crippen LogP contribution in [0.3, 0.4) is 0 Å². The third-order valence-corrected chi connectivity index (χ3v) is 4.11. The van der Waals surface area contributed by atoms with Gasteiger partial charge in [-0.25, -0.2) is 4.39 Å². The van der Waals surface area contributed by atoms with Gasteiger partial charge in [-0.2, -0.15) is 0 Å². The van der Waals surface area contributed by atoms with Crippen LogP contribution < -0.4 is 5.73 Å². The second-order valence-corrected chi connectivity index (χ2v) is 5.74. The quantitative estimate of drug-likeness (QED) is 0.929. The maximum Gasteiger partial charge on any atom is 0.147 e. The van der Waals surface area contributed by atoms with Crippen LogP contribution in [0, 0.1) is 11.2 Å². The lowest BCUT2D eigenvalue weighted by Crippen LogP contribution is -2.45. The molecule has 0 aliphatic carbocycles. The number of nitrogens with two attached hydrogens (primary N) is 1. The van der Waals surface area contributed by atoms with Crippen molar-refractivity contribution in [2.24, 2.45) is 11.1 Å². The molecule has 1 aromatic rings. The van der Waals surface area contributed by atoms with Crippen molar-refractivity contribution in [3.63, 3.8) is 0 Å². The summed E-state index contributed by atoms with van der Waals surface area (Å²) in [5, 5.41) is 0. The lowest BCUT2D eigenvalue weighted by molar-refractivity contribution is -0.127. The van der Waals surface area contributed by atoms with Gasteiger partial charge in [-0.05, 0) is 40.5 Å². The van der Waals surface area contributed by atoms with Crippen molar-refractivity contribution in [2.45, 2.75) is 19.4 Å². The Balaban J connectivity index is 2.14. The Kier molecular flexibility index (Phi) is 3.84. The minimum absolute atomic E-state index is 0.0333. The molecular weight excluding hydrogens is 301 g/mol. The van der Waals surface area contributed by atoms with Crippen LogP contribution in [-0.2, 0) is 16.0 Å². The predicted octanol–water partition coefficient (Wildman–Crippen LogP) is 2.06. The number of hydrogen-bond donors (Lipinski definition) is 1. The van der Waals surface area contributed by atoms with Crippen molar-refractivity contribution in [1.29, 1.82) is 0 Å². The molecule has 1 saturated heterocycles. The van der Waals surface area contributed by atoms with Gasteiger partial charge >= 0.3 is 0 Å². The highest BCUT2D eigenvalue weighted by atomic mass is 79.9. The number of Topliss-reactive ketones (excluding diaryl/α,β-unsaturated/α-hetero) is 1. The van der Waals surface area contributed by atoms with Gasteiger partial charge in [0.1, 0.15) is 11.6 Å². The highest BCUT2D eigenvalue weighted by Crippen LogP contribution is 2.30. The van der Waals surface area contributed by atoms with E-state index in [1.807, 2.05) is 6.92 Å². The zero-order valence-electron chi connectivity index (χ0n) is 10.1. The number of carbonyl (C=O) groups excluding carboxylic acids is 1. The van der Waals surface area contributed by atoms with Crippen LogP contribution in [0.25, 0.3) is 0 Å². The molecule has 0 aromatic heterocycles. The first-order chi connectivity index (χ1) is 8.43. The molecule has 0 saturated carbocycles. The summed E-state index contributed by atoms with van der Waals surface area (Å²) in [5.41, 5.74) is 6.04. The van der Waals surface area contributed by atoms with Crippen molar-refractivity contribution >= 4 is 21.7 Å². The minimum atomic E-state index is -0.638. The van der Waals surface area contributed by atoms with E-state index in [-0.39, 0.29) is 24.1 Å². The largest absolute Gasteiger partial charge is 0.379 e. The fraction of sp³-hybridized carbons (Fsp3) is 0.462. The van der Waals surface area contributed by atoms with E-state index in [2.05, 4.69) is 15.9 Å². The van der Waals surface area contributed by atoms with Crippen LogP contribution >= 0.6 is 15.9 Å². The van der Waals surface area contributed by atoms with Gasteiger partial charge in [0.15, 0.2) is 0 Å². The van der Waals surface area contributed by atoms with E-state index in [1.165, 1.54) is 6.07 Å². The molecule has 1 aliphatic heterocycles. The van der Waals surface area contributed by atoms with Crippen LogP contribution in [0.4, 0.5) is 4.39 Å². The fourth-order valence-electron chi connectivity index (χ4n) is 2.01. The van der Waals surface area contributed by atoms with Gasteiger partial charge in [0.05, 0.1) is 23.1 Å². The van der Waals surface area contributed by atoms with E-state index in [1.54, 1.807) is 12.1 Å². The third kappa shape index (κ3) is 2.48. The first-order valence-corrected chi connectivity index (χ1v) is 6.53. The summed E-state index contributed by atoms with van der Waals surface area (Å²) in [6.07, 6.45) is 0.242. The van der Waals surface area contributed by atoms with Crippen LogP contribution in [0.5, 0.6) is 0 Å². The number of ether oxygens (including phenoxy) is 1. The Morgan fingerprint density at radius 1 is 1.67 bits per heavy atom. The average Bonchev–Trinajstić information content (AvgIpc) is 2.66. The monoisotopic (exact) mass is 315 g/mol. The number of rotatable bonds is 3. The van der Waals surface area contributed by atoms with Crippen LogP contribution in [0.2, 0.25) is 0 Å². The van der Waals surface area contributed by atoms with E-state index in [4.69, 9.17) is 10.5 Å². The lowest BCUT2D eigenvalue weighted by Gasteiger charge is -2.25. The van der Waals surface area contributed by atoms with E-state index in [9.17, 15) is 9.18 Å². The first-order valence-electron chi connectivity index (χ1n) is 5.74. The standard InChI is InChI=1S/C13H15BrFNO2/c1-13(7-18-6-11(13)16)12(17)5-8-2-3-10(15)9(14)4-8/h2-4,11H,5-7,16H2,1H3. The Morgan fingerprint density at radius 3 is 2.94 bits per heavy atom. The lowest BCUT2D eigenvalue weighted by atomic mass is 9.79. The molecule has 3 nitrogen and oxygen atoms in total. The molecule has 2 unspecified atom stereocenters. The summed E-state index contributed by atoms with van der Waals surface area (Å²) in [4.78, 5) is 12.3. The molecule has 1 aliphatic rings. The summed E-state index contributed by atoms with van der Waals surface area (Å²) in [7, 11) is 0. The molecule has 2 rings (SSSR count). The number of ketones is 1. The topological polar surface area (TPSA) is 52.3 Å². The van der Waals surface area contributed by atoms with Crippen molar-refractivity contribution in [3.8, 4) is 0 Å². The Hall–Kier alpha value is -0.780. The van der Waals surface area contributed by atoms with Gasteiger partial charge in [-0.3, -0.25) is 4.79 Å².